The first-order valence-electron chi connectivity index (χ1n) is 12.5. The van der Waals surface area contributed by atoms with Crippen molar-refractivity contribution >= 4 is 11.9 Å². The average Bonchev–Trinajstić information content (AvgIpc) is 3.24. The summed E-state index contributed by atoms with van der Waals surface area (Å²) in [5.74, 6) is 1.50. The van der Waals surface area contributed by atoms with Crippen LogP contribution < -0.4 is 15.4 Å². The third kappa shape index (κ3) is 5.28. The number of methoxy groups -OCH3 is 1. The standard InChI is InChI=1S/C25H34FN5O4/c1-33-16-22-28-24(35-29-22)31-10-5-18(6-11-31)25(27)15-19(25)7-12-34-20-4-3-17(21(26)14-20)13-23(32)30-8-2-9-30/h3-4,14,18-19H,2,5-13,15-16,27H2,1H3/t19-,25+/m1/s1. The molecule has 1 aromatic heterocycles. The Morgan fingerprint density at radius 1 is 1.29 bits per heavy atom. The number of benzene rings is 1. The summed E-state index contributed by atoms with van der Waals surface area (Å²) in [5.41, 5.74) is 7.03. The number of ether oxygens (including phenoxy) is 2. The van der Waals surface area contributed by atoms with Gasteiger partial charge in [-0.25, -0.2) is 4.39 Å². The predicted octanol–water partition coefficient (Wildman–Crippen LogP) is 2.53. The van der Waals surface area contributed by atoms with Gasteiger partial charge in [0.1, 0.15) is 18.2 Å². The van der Waals surface area contributed by atoms with E-state index in [-0.39, 0.29) is 17.9 Å². The molecule has 9 nitrogen and oxygen atoms in total. The zero-order valence-corrected chi connectivity index (χ0v) is 20.2. The van der Waals surface area contributed by atoms with Gasteiger partial charge in [-0.15, -0.1) is 0 Å². The molecule has 35 heavy (non-hydrogen) atoms. The monoisotopic (exact) mass is 487 g/mol. The molecule has 0 bridgehead atoms. The lowest BCUT2D eigenvalue weighted by atomic mass is 9.86. The molecule has 0 radical (unpaired) electrons. The molecule has 3 fully saturated rings. The molecule has 2 aromatic rings. The van der Waals surface area contributed by atoms with Crippen molar-refractivity contribution in [2.45, 2.75) is 50.7 Å². The number of halogens is 1. The molecule has 10 heteroatoms. The highest BCUT2D eigenvalue weighted by atomic mass is 19.1. The van der Waals surface area contributed by atoms with Crippen LogP contribution in [0.1, 0.15) is 43.5 Å². The second kappa shape index (κ2) is 10.1. The number of hydrogen-bond acceptors (Lipinski definition) is 8. The molecular formula is C25H34FN5O4. The number of amides is 1. The fourth-order valence-electron chi connectivity index (χ4n) is 5.33. The van der Waals surface area contributed by atoms with Gasteiger partial charge in [-0.2, -0.15) is 4.98 Å². The van der Waals surface area contributed by atoms with E-state index < -0.39 is 5.82 Å². The molecule has 1 aliphatic carbocycles. The molecule has 190 valence electrons. The summed E-state index contributed by atoms with van der Waals surface area (Å²) in [6.07, 6.45) is 4.94. The predicted molar refractivity (Wildman–Crippen MR) is 126 cm³/mol. The summed E-state index contributed by atoms with van der Waals surface area (Å²) in [7, 11) is 1.60. The maximum absolute atomic E-state index is 14.5. The first kappa shape index (κ1) is 24.0. The Balaban J connectivity index is 1.04. The highest BCUT2D eigenvalue weighted by Crippen LogP contribution is 2.52. The molecule has 0 spiro atoms. The average molecular weight is 488 g/mol. The number of nitrogens with zero attached hydrogens (tertiary/aromatic N) is 4. The van der Waals surface area contributed by atoms with Crippen molar-refractivity contribution in [2.75, 3.05) is 44.8 Å². The summed E-state index contributed by atoms with van der Waals surface area (Å²) in [4.78, 5) is 20.3. The van der Waals surface area contributed by atoms with Crippen LogP contribution in [0.15, 0.2) is 22.7 Å². The summed E-state index contributed by atoms with van der Waals surface area (Å²) < 4.78 is 30.7. The molecule has 3 heterocycles. The van der Waals surface area contributed by atoms with Gasteiger partial charge in [0.2, 0.25) is 5.91 Å². The third-order valence-corrected chi connectivity index (χ3v) is 7.77. The maximum Gasteiger partial charge on any atom is 0.324 e. The Morgan fingerprint density at radius 2 is 2.09 bits per heavy atom. The lowest BCUT2D eigenvalue weighted by Crippen LogP contribution is -2.44. The Kier molecular flexibility index (Phi) is 6.93. The van der Waals surface area contributed by atoms with E-state index in [2.05, 4.69) is 15.0 Å². The van der Waals surface area contributed by atoms with Crippen LogP contribution in [0, 0.1) is 17.7 Å². The van der Waals surface area contributed by atoms with Crippen LogP contribution in [-0.4, -0.2) is 66.4 Å². The number of piperidine rings is 1. The third-order valence-electron chi connectivity index (χ3n) is 7.77. The van der Waals surface area contributed by atoms with Crippen LogP contribution in [0.2, 0.25) is 0 Å². The number of rotatable bonds is 10. The smallest absolute Gasteiger partial charge is 0.324 e. The van der Waals surface area contributed by atoms with E-state index in [0.29, 0.717) is 48.2 Å². The minimum atomic E-state index is -0.390. The zero-order valence-electron chi connectivity index (χ0n) is 20.2. The number of aromatic nitrogens is 2. The van der Waals surface area contributed by atoms with Crippen LogP contribution in [0.3, 0.4) is 0 Å². The van der Waals surface area contributed by atoms with E-state index in [1.54, 1.807) is 24.1 Å². The zero-order chi connectivity index (χ0) is 24.4. The van der Waals surface area contributed by atoms with Gasteiger partial charge >= 0.3 is 6.01 Å². The Morgan fingerprint density at radius 3 is 2.77 bits per heavy atom. The van der Waals surface area contributed by atoms with Gasteiger partial charge in [-0.05, 0) is 55.6 Å². The van der Waals surface area contributed by atoms with Gasteiger partial charge in [-0.1, -0.05) is 11.2 Å². The molecule has 1 saturated carbocycles. The van der Waals surface area contributed by atoms with Crippen LogP contribution >= 0.6 is 0 Å². The molecule has 2 N–H and O–H groups in total. The number of hydrogen-bond donors (Lipinski definition) is 1. The first-order chi connectivity index (χ1) is 17.0. The van der Waals surface area contributed by atoms with Gasteiger partial charge in [0, 0.05) is 44.9 Å². The number of carbonyl (C=O) groups is 1. The second-order valence-electron chi connectivity index (χ2n) is 10.0. The molecule has 2 atom stereocenters. The minimum Gasteiger partial charge on any atom is -0.493 e. The fraction of sp³-hybridized carbons (Fsp3) is 0.640. The number of carbonyl (C=O) groups excluding carboxylic acids is 1. The summed E-state index contributed by atoms with van der Waals surface area (Å²) in [6.45, 7) is 4.07. The lowest BCUT2D eigenvalue weighted by molar-refractivity contribution is -0.133. The van der Waals surface area contributed by atoms with Crippen molar-refractivity contribution in [3.63, 3.8) is 0 Å². The highest BCUT2D eigenvalue weighted by Gasteiger charge is 2.55. The van der Waals surface area contributed by atoms with E-state index in [1.165, 1.54) is 6.07 Å². The van der Waals surface area contributed by atoms with Crippen LogP contribution in [0.4, 0.5) is 10.4 Å². The van der Waals surface area contributed by atoms with Crippen LogP contribution in [-0.2, 0) is 22.6 Å². The van der Waals surface area contributed by atoms with Crippen molar-refractivity contribution in [1.82, 2.24) is 15.0 Å². The highest BCUT2D eigenvalue weighted by molar-refractivity contribution is 5.79. The molecular weight excluding hydrogens is 453 g/mol. The molecule has 3 aliphatic rings. The topological polar surface area (TPSA) is 107 Å². The number of nitrogens with two attached hydrogens (primary N) is 1. The van der Waals surface area contributed by atoms with Gasteiger partial charge in [0.05, 0.1) is 13.0 Å². The fourth-order valence-corrected chi connectivity index (χ4v) is 5.33. The summed E-state index contributed by atoms with van der Waals surface area (Å²) in [5, 5.41) is 3.94. The molecule has 0 unspecified atom stereocenters. The quantitative estimate of drug-likeness (QED) is 0.545. The molecule has 2 aliphatic heterocycles. The second-order valence-corrected chi connectivity index (χ2v) is 10.0. The van der Waals surface area contributed by atoms with Gasteiger partial charge < -0.3 is 29.5 Å². The summed E-state index contributed by atoms with van der Waals surface area (Å²) in [6, 6.07) is 5.33. The van der Waals surface area contributed by atoms with Gasteiger partial charge in [-0.3, -0.25) is 4.79 Å². The van der Waals surface area contributed by atoms with Crippen molar-refractivity contribution in [3.05, 3.63) is 35.4 Å². The van der Waals surface area contributed by atoms with Gasteiger partial charge in [0.15, 0.2) is 5.82 Å². The van der Waals surface area contributed by atoms with Crippen molar-refractivity contribution < 1.29 is 23.2 Å². The Labute approximate surface area is 204 Å². The molecule has 1 amide bonds. The molecule has 1 aromatic carbocycles. The largest absolute Gasteiger partial charge is 0.493 e. The molecule has 2 saturated heterocycles. The molecule has 5 rings (SSSR count). The summed E-state index contributed by atoms with van der Waals surface area (Å²) >= 11 is 0. The van der Waals surface area contributed by atoms with Crippen LogP contribution in [0.5, 0.6) is 5.75 Å². The Bertz CT molecular complexity index is 1040. The normalized spacial score (nSPS) is 24.4. The van der Waals surface area contributed by atoms with E-state index in [9.17, 15) is 9.18 Å². The van der Waals surface area contributed by atoms with Gasteiger partial charge in [0.25, 0.3) is 0 Å². The number of likely N-dealkylation sites (tertiary alicyclic amines) is 1. The van der Waals surface area contributed by atoms with Crippen molar-refractivity contribution in [3.8, 4) is 5.75 Å². The van der Waals surface area contributed by atoms with E-state index in [1.807, 2.05) is 0 Å². The maximum atomic E-state index is 14.5. The minimum absolute atomic E-state index is 0.0180. The van der Waals surface area contributed by atoms with Crippen molar-refractivity contribution in [1.29, 1.82) is 0 Å². The number of anilines is 1. The SMILES string of the molecule is COCc1noc(N2CCC([C@@]3(N)C[C@H]3CCOc3ccc(CC(=O)N4CCC4)c(F)c3)CC2)n1. The van der Waals surface area contributed by atoms with E-state index in [0.717, 1.165) is 58.3 Å². The van der Waals surface area contributed by atoms with Crippen LogP contribution in [0.25, 0.3) is 0 Å². The lowest BCUT2D eigenvalue weighted by Gasteiger charge is -2.34. The van der Waals surface area contributed by atoms with Crippen molar-refractivity contribution in [2.24, 2.45) is 17.6 Å². The van der Waals surface area contributed by atoms with E-state index >= 15 is 0 Å². The first-order valence-corrected chi connectivity index (χ1v) is 12.5. The Hall–Kier alpha value is -2.72. The van der Waals surface area contributed by atoms with E-state index in [4.69, 9.17) is 19.7 Å².